The molecule has 3 rings (SSSR count). The lowest BCUT2D eigenvalue weighted by Gasteiger charge is -2.32. The summed E-state index contributed by atoms with van der Waals surface area (Å²) in [5.74, 6) is -0.206. The molecule has 2 heterocycles. The first-order valence-electron chi connectivity index (χ1n) is 7.57. The van der Waals surface area contributed by atoms with Gasteiger partial charge in [-0.2, -0.15) is 0 Å². The molecule has 1 aliphatic rings. The van der Waals surface area contributed by atoms with Gasteiger partial charge >= 0.3 is 0 Å². The molecular weight excluding hydrogens is 312 g/mol. The SMILES string of the molecule is O=C(NC1CCN(C(=O)c2ccccc2O)CC1)c1cccs1. The summed E-state index contributed by atoms with van der Waals surface area (Å²) in [6, 6.07) is 10.3. The number of carbonyl (C=O) groups excluding carboxylic acids is 2. The van der Waals surface area contributed by atoms with Crippen molar-refractivity contribution in [2.24, 2.45) is 0 Å². The molecule has 6 heteroatoms. The smallest absolute Gasteiger partial charge is 0.261 e. The lowest BCUT2D eigenvalue weighted by atomic mass is 10.0. The van der Waals surface area contributed by atoms with E-state index >= 15 is 0 Å². The third-order valence-corrected chi connectivity index (χ3v) is 4.87. The molecule has 120 valence electrons. The Kier molecular flexibility index (Phi) is 4.62. The highest BCUT2D eigenvalue weighted by atomic mass is 32.1. The highest BCUT2D eigenvalue weighted by Crippen LogP contribution is 2.21. The monoisotopic (exact) mass is 330 g/mol. The predicted octanol–water partition coefficient (Wildman–Crippen LogP) is 2.49. The molecule has 1 fully saturated rings. The molecule has 2 N–H and O–H groups in total. The van der Waals surface area contributed by atoms with Crippen molar-refractivity contribution in [3.8, 4) is 5.75 Å². The number of benzene rings is 1. The highest BCUT2D eigenvalue weighted by molar-refractivity contribution is 7.12. The Labute approximate surface area is 138 Å². The lowest BCUT2D eigenvalue weighted by Crippen LogP contribution is -2.46. The van der Waals surface area contributed by atoms with Gasteiger partial charge < -0.3 is 15.3 Å². The molecule has 5 nitrogen and oxygen atoms in total. The maximum Gasteiger partial charge on any atom is 0.261 e. The van der Waals surface area contributed by atoms with E-state index in [2.05, 4.69) is 5.32 Å². The molecule has 1 aromatic carbocycles. The zero-order chi connectivity index (χ0) is 16.2. The number of phenolic OH excluding ortho intramolecular Hbond substituents is 1. The molecule has 23 heavy (non-hydrogen) atoms. The predicted molar refractivity (Wildman–Crippen MR) is 88.8 cm³/mol. The molecule has 1 saturated heterocycles. The molecule has 0 atom stereocenters. The first-order valence-corrected chi connectivity index (χ1v) is 8.45. The minimum atomic E-state index is -0.161. The van der Waals surface area contributed by atoms with E-state index in [0.717, 1.165) is 12.8 Å². The van der Waals surface area contributed by atoms with Gasteiger partial charge in [0.05, 0.1) is 10.4 Å². The summed E-state index contributed by atoms with van der Waals surface area (Å²) in [5, 5.41) is 14.7. The van der Waals surface area contributed by atoms with E-state index in [1.54, 1.807) is 29.2 Å². The van der Waals surface area contributed by atoms with Gasteiger partial charge in [0.2, 0.25) is 0 Å². The molecular formula is C17H18N2O3S. The average molecular weight is 330 g/mol. The van der Waals surface area contributed by atoms with Crippen LogP contribution in [0, 0.1) is 0 Å². The van der Waals surface area contributed by atoms with E-state index < -0.39 is 0 Å². The van der Waals surface area contributed by atoms with Gasteiger partial charge in [-0.1, -0.05) is 18.2 Å². The first kappa shape index (κ1) is 15.6. The third kappa shape index (κ3) is 3.53. The van der Waals surface area contributed by atoms with Crippen molar-refractivity contribution in [1.82, 2.24) is 10.2 Å². The van der Waals surface area contributed by atoms with Gasteiger partial charge in [-0.15, -0.1) is 11.3 Å². The molecule has 2 amide bonds. The summed E-state index contributed by atoms with van der Waals surface area (Å²) in [6.45, 7) is 1.14. The van der Waals surface area contributed by atoms with Crippen LogP contribution in [0.3, 0.4) is 0 Å². The quantitative estimate of drug-likeness (QED) is 0.908. The lowest BCUT2D eigenvalue weighted by molar-refractivity contribution is 0.0695. The fraction of sp³-hybridized carbons (Fsp3) is 0.294. The van der Waals surface area contributed by atoms with E-state index in [9.17, 15) is 14.7 Å². The van der Waals surface area contributed by atoms with Crippen molar-refractivity contribution in [3.63, 3.8) is 0 Å². The van der Waals surface area contributed by atoms with E-state index in [0.29, 0.717) is 23.5 Å². The zero-order valence-corrected chi connectivity index (χ0v) is 13.4. The van der Waals surface area contributed by atoms with Gasteiger partial charge in [-0.05, 0) is 36.4 Å². The second kappa shape index (κ2) is 6.83. The van der Waals surface area contributed by atoms with Crippen LogP contribution in [0.2, 0.25) is 0 Å². The number of likely N-dealkylation sites (tertiary alicyclic amines) is 1. The summed E-state index contributed by atoms with van der Waals surface area (Å²) in [5.41, 5.74) is 0.327. The number of amides is 2. The summed E-state index contributed by atoms with van der Waals surface area (Å²) in [4.78, 5) is 26.9. The van der Waals surface area contributed by atoms with Crippen molar-refractivity contribution >= 4 is 23.2 Å². The maximum atomic E-state index is 12.4. The third-order valence-electron chi connectivity index (χ3n) is 4.00. The number of rotatable bonds is 3. The molecule has 0 unspecified atom stereocenters. The van der Waals surface area contributed by atoms with Crippen molar-refractivity contribution in [3.05, 3.63) is 52.2 Å². The van der Waals surface area contributed by atoms with Crippen LogP contribution in [-0.4, -0.2) is 41.0 Å². The van der Waals surface area contributed by atoms with Gasteiger partial charge in [0, 0.05) is 19.1 Å². The normalized spacial score (nSPS) is 15.4. The second-order valence-corrected chi connectivity index (χ2v) is 6.48. The number of piperidine rings is 1. The van der Waals surface area contributed by atoms with Crippen LogP contribution in [0.15, 0.2) is 41.8 Å². The largest absolute Gasteiger partial charge is 0.507 e. The van der Waals surface area contributed by atoms with Crippen molar-refractivity contribution in [2.45, 2.75) is 18.9 Å². The Hall–Kier alpha value is -2.34. The summed E-state index contributed by atoms with van der Waals surface area (Å²) < 4.78 is 0. The van der Waals surface area contributed by atoms with Gasteiger partial charge in [-0.3, -0.25) is 9.59 Å². The van der Waals surface area contributed by atoms with Crippen LogP contribution in [0.1, 0.15) is 32.9 Å². The number of phenols is 1. The number of thiophene rings is 1. The van der Waals surface area contributed by atoms with Crippen molar-refractivity contribution < 1.29 is 14.7 Å². The Bertz CT molecular complexity index is 692. The summed E-state index contributed by atoms with van der Waals surface area (Å²) >= 11 is 1.42. The number of carbonyl (C=O) groups is 2. The van der Waals surface area contributed by atoms with Crippen LogP contribution in [0.4, 0.5) is 0 Å². The van der Waals surface area contributed by atoms with Crippen LogP contribution in [-0.2, 0) is 0 Å². The molecule has 0 spiro atoms. The van der Waals surface area contributed by atoms with Gasteiger partial charge in [0.25, 0.3) is 11.8 Å². The molecule has 0 aliphatic carbocycles. The minimum Gasteiger partial charge on any atom is -0.507 e. The first-order chi connectivity index (χ1) is 11.1. The van der Waals surface area contributed by atoms with Gasteiger partial charge in [0.15, 0.2) is 0 Å². The Morgan fingerprint density at radius 3 is 2.52 bits per heavy atom. The van der Waals surface area contributed by atoms with Crippen LogP contribution < -0.4 is 5.32 Å². The van der Waals surface area contributed by atoms with Crippen LogP contribution >= 0.6 is 11.3 Å². The summed E-state index contributed by atoms with van der Waals surface area (Å²) in [6.07, 6.45) is 1.44. The molecule has 1 aromatic heterocycles. The van der Waals surface area contributed by atoms with E-state index in [1.165, 1.54) is 17.4 Å². The number of hydrogen-bond donors (Lipinski definition) is 2. The fourth-order valence-electron chi connectivity index (χ4n) is 2.72. The fourth-order valence-corrected chi connectivity index (χ4v) is 3.34. The second-order valence-electron chi connectivity index (χ2n) is 5.53. The van der Waals surface area contributed by atoms with Crippen molar-refractivity contribution in [1.29, 1.82) is 0 Å². The van der Waals surface area contributed by atoms with E-state index in [-0.39, 0.29) is 23.6 Å². The molecule has 0 saturated carbocycles. The summed E-state index contributed by atoms with van der Waals surface area (Å²) in [7, 11) is 0. The van der Waals surface area contributed by atoms with E-state index in [1.807, 2.05) is 11.4 Å². The van der Waals surface area contributed by atoms with Gasteiger partial charge in [-0.25, -0.2) is 0 Å². The van der Waals surface area contributed by atoms with Crippen molar-refractivity contribution in [2.75, 3.05) is 13.1 Å². The molecule has 2 aromatic rings. The standard InChI is InChI=1S/C17H18N2O3S/c20-14-5-2-1-4-13(14)17(22)19-9-7-12(8-10-19)18-16(21)15-6-3-11-23-15/h1-6,11-12,20H,7-10H2,(H,18,21). The topological polar surface area (TPSA) is 69.6 Å². The Morgan fingerprint density at radius 1 is 1.13 bits per heavy atom. The molecule has 0 radical (unpaired) electrons. The van der Waals surface area contributed by atoms with E-state index in [4.69, 9.17) is 0 Å². The van der Waals surface area contributed by atoms with Crippen LogP contribution in [0.5, 0.6) is 5.75 Å². The Morgan fingerprint density at radius 2 is 1.87 bits per heavy atom. The highest BCUT2D eigenvalue weighted by Gasteiger charge is 2.26. The van der Waals surface area contributed by atoms with Crippen LogP contribution in [0.25, 0.3) is 0 Å². The molecule has 0 bridgehead atoms. The Balaban J connectivity index is 1.55. The number of nitrogens with one attached hydrogen (secondary N) is 1. The number of para-hydroxylation sites is 1. The molecule has 1 aliphatic heterocycles. The number of hydrogen-bond acceptors (Lipinski definition) is 4. The zero-order valence-electron chi connectivity index (χ0n) is 12.6. The average Bonchev–Trinajstić information content (AvgIpc) is 3.10. The maximum absolute atomic E-state index is 12.4. The van der Waals surface area contributed by atoms with Gasteiger partial charge in [0.1, 0.15) is 5.75 Å². The number of aromatic hydroxyl groups is 1. The minimum absolute atomic E-state index is 0.00521. The number of nitrogens with zero attached hydrogens (tertiary/aromatic N) is 1.